The Morgan fingerprint density at radius 3 is 2.41 bits per heavy atom. The smallest absolute Gasteiger partial charge is 0.256 e. The molecular weight excluding hydrogens is 382 g/mol. The molecule has 2 amide bonds. The highest BCUT2D eigenvalue weighted by molar-refractivity contribution is 7.17. The Balaban J connectivity index is 1.57. The Labute approximate surface area is 174 Å². The van der Waals surface area contributed by atoms with Gasteiger partial charge in [-0.25, -0.2) is 0 Å². The SMILES string of the molecule is CCN1CCc2c(sc(NC(=O)c3ccc(-c4ccccc4)cc3)c2C(N)=O)C1. The molecule has 0 unspecified atom stereocenters. The number of benzene rings is 2. The van der Waals surface area contributed by atoms with Gasteiger partial charge in [-0.15, -0.1) is 11.3 Å². The molecule has 0 atom stereocenters. The van der Waals surface area contributed by atoms with Gasteiger partial charge in [0.1, 0.15) is 5.00 Å². The fourth-order valence-electron chi connectivity index (χ4n) is 3.69. The van der Waals surface area contributed by atoms with Gasteiger partial charge in [-0.05, 0) is 41.8 Å². The summed E-state index contributed by atoms with van der Waals surface area (Å²) in [6.45, 7) is 4.77. The number of nitrogens with one attached hydrogen (secondary N) is 1. The lowest BCUT2D eigenvalue weighted by Gasteiger charge is -2.25. The molecular formula is C23H23N3O2S. The molecule has 0 fully saturated rings. The van der Waals surface area contributed by atoms with E-state index >= 15 is 0 Å². The number of nitrogens with two attached hydrogens (primary N) is 1. The van der Waals surface area contributed by atoms with Crippen molar-refractivity contribution in [1.82, 2.24) is 4.90 Å². The highest BCUT2D eigenvalue weighted by Gasteiger charge is 2.27. The highest BCUT2D eigenvalue weighted by Crippen LogP contribution is 2.37. The van der Waals surface area contributed by atoms with Crippen LogP contribution in [-0.4, -0.2) is 29.8 Å². The molecule has 0 spiro atoms. The molecule has 1 aliphatic heterocycles. The van der Waals surface area contributed by atoms with Crippen LogP contribution in [0.5, 0.6) is 0 Å². The van der Waals surface area contributed by atoms with Gasteiger partial charge in [-0.3, -0.25) is 14.5 Å². The van der Waals surface area contributed by atoms with Gasteiger partial charge >= 0.3 is 0 Å². The van der Waals surface area contributed by atoms with Gasteiger partial charge in [0.25, 0.3) is 11.8 Å². The molecule has 0 aliphatic carbocycles. The molecule has 0 saturated heterocycles. The first-order valence-corrected chi connectivity index (χ1v) is 10.5. The van der Waals surface area contributed by atoms with Crippen LogP contribution in [0.3, 0.4) is 0 Å². The summed E-state index contributed by atoms with van der Waals surface area (Å²) in [5, 5.41) is 3.47. The average molecular weight is 406 g/mol. The molecule has 0 radical (unpaired) electrons. The number of anilines is 1. The zero-order chi connectivity index (χ0) is 20.4. The topological polar surface area (TPSA) is 75.4 Å². The van der Waals surface area contributed by atoms with E-state index in [1.807, 2.05) is 42.5 Å². The van der Waals surface area contributed by atoms with E-state index < -0.39 is 5.91 Å². The number of thiophene rings is 1. The number of carbonyl (C=O) groups excluding carboxylic acids is 2. The first-order chi connectivity index (χ1) is 14.1. The van der Waals surface area contributed by atoms with Crippen molar-refractivity contribution < 1.29 is 9.59 Å². The molecule has 2 heterocycles. The minimum absolute atomic E-state index is 0.238. The van der Waals surface area contributed by atoms with Crippen LogP contribution in [0, 0.1) is 0 Å². The van der Waals surface area contributed by atoms with Crippen molar-refractivity contribution in [2.45, 2.75) is 19.9 Å². The molecule has 1 aliphatic rings. The van der Waals surface area contributed by atoms with Crippen molar-refractivity contribution in [3.8, 4) is 11.1 Å². The monoisotopic (exact) mass is 405 g/mol. The van der Waals surface area contributed by atoms with Crippen LogP contribution in [-0.2, 0) is 13.0 Å². The fourth-order valence-corrected chi connectivity index (χ4v) is 4.99. The van der Waals surface area contributed by atoms with E-state index in [0.717, 1.165) is 47.6 Å². The minimum atomic E-state index is -0.484. The maximum Gasteiger partial charge on any atom is 0.256 e. The van der Waals surface area contributed by atoms with Crippen molar-refractivity contribution in [2.75, 3.05) is 18.4 Å². The minimum Gasteiger partial charge on any atom is -0.365 e. The van der Waals surface area contributed by atoms with Crippen molar-refractivity contribution in [1.29, 1.82) is 0 Å². The third-order valence-corrected chi connectivity index (χ3v) is 6.44. The molecule has 3 aromatic rings. The van der Waals surface area contributed by atoms with E-state index in [1.165, 1.54) is 11.3 Å². The van der Waals surface area contributed by atoms with E-state index in [4.69, 9.17) is 5.73 Å². The molecule has 0 saturated carbocycles. The number of carbonyl (C=O) groups is 2. The second-order valence-corrected chi connectivity index (χ2v) is 8.19. The number of nitrogens with zero attached hydrogens (tertiary/aromatic N) is 1. The van der Waals surface area contributed by atoms with Gasteiger partial charge < -0.3 is 11.1 Å². The number of fused-ring (bicyclic) bond motifs is 1. The van der Waals surface area contributed by atoms with Gasteiger partial charge in [0.2, 0.25) is 0 Å². The number of primary amides is 1. The van der Waals surface area contributed by atoms with Gasteiger partial charge in [0.15, 0.2) is 0 Å². The summed E-state index contributed by atoms with van der Waals surface area (Å²) in [6, 6.07) is 17.5. The summed E-state index contributed by atoms with van der Waals surface area (Å²) < 4.78 is 0. The van der Waals surface area contributed by atoms with Crippen molar-refractivity contribution in [2.24, 2.45) is 5.73 Å². The van der Waals surface area contributed by atoms with Gasteiger partial charge in [-0.1, -0.05) is 49.4 Å². The molecule has 3 N–H and O–H groups in total. The Kier molecular flexibility index (Phi) is 5.47. The second-order valence-electron chi connectivity index (χ2n) is 7.09. The molecule has 148 valence electrons. The molecule has 4 rings (SSSR count). The first kappa shape index (κ1) is 19.4. The summed E-state index contributed by atoms with van der Waals surface area (Å²) in [4.78, 5) is 28.3. The number of likely N-dealkylation sites (N-methyl/N-ethyl adjacent to an activating group) is 1. The van der Waals surface area contributed by atoms with Crippen molar-refractivity contribution in [3.05, 3.63) is 76.2 Å². The molecule has 29 heavy (non-hydrogen) atoms. The normalized spacial score (nSPS) is 13.7. The highest BCUT2D eigenvalue weighted by atomic mass is 32.1. The summed E-state index contributed by atoms with van der Waals surface area (Å²) >= 11 is 1.46. The number of rotatable bonds is 5. The number of hydrogen-bond donors (Lipinski definition) is 2. The lowest BCUT2D eigenvalue weighted by Crippen LogP contribution is -2.30. The van der Waals surface area contributed by atoms with Crippen LogP contribution < -0.4 is 11.1 Å². The van der Waals surface area contributed by atoms with E-state index in [-0.39, 0.29) is 5.91 Å². The lowest BCUT2D eigenvalue weighted by molar-refractivity contribution is 0.1000. The van der Waals surface area contributed by atoms with Crippen LogP contribution in [0.25, 0.3) is 11.1 Å². The van der Waals surface area contributed by atoms with Crippen molar-refractivity contribution >= 4 is 28.2 Å². The van der Waals surface area contributed by atoms with E-state index in [2.05, 4.69) is 17.1 Å². The Hall–Kier alpha value is -2.96. The molecule has 5 nitrogen and oxygen atoms in total. The average Bonchev–Trinajstić information content (AvgIpc) is 3.11. The Morgan fingerprint density at radius 1 is 1.07 bits per heavy atom. The summed E-state index contributed by atoms with van der Waals surface area (Å²) in [7, 11) is 0. The van der Waals surface area contributed by atoms with Gasteiger partial charge in [0.05, 0.1) is 5.56 Å². The second kappa shape index (κ2) is 8.19. The predicted molar refractivity (Wildman–Crippen MR) is 117 cm³/mol. The largest absolute Gasteiger partial charge is 0.365 e. The Morgan fingerprint density at radius 2 is 1.76 bits per heavy atom. The zero-order valence-electron chi connectivity index (χ0n) is 16.3. The number of amides is 2. The molecule has 0 bridgehead atoms. The summed E-state index contributed by atoms with van der Waals surface area (Å²) in [5.41, 5.74) is 9.80. The third-order valence-electron chi connectivity index (χ3n) is 5.31. The summed E-state index contributed by atoms with van der Waals surface area (Å²) in [5.74, 6) is -0.722. The van der Waals surface area contributed by atoms with E-state index in [9.17, 15) is 9.59 Å². The van der Waals surface area contributed by atoms with Gasteiger partial charge in [-0.2, -0.15) is 0 Å². The fraction of sp³-hybridized carbons (Fsp3) is 0.217. The van der Waals surface area contributed by atoms with Crippen LogP contribution in [0.1, 0.15) is 38.1 Å². The van der Waals surface area contributed by atoms with E-state index in [1.54, 1.807) is 12.1 Å². The first-order valence-electron chi connectivity index (χ1n) is 9.70. The lowest BCUT2D eigenvalue weighted by atomic mass is 10.0. The van der Waals surface area contributed by atoms with Gasteiger partial charge in [0, 0.05) is 23.5 Å². The molecule has 1 aromatic heterocycles. The van der Waals surface area contributed by atoms with E-state index in [0.29, 0.717) is 16.1 Å². The third kappa shape index (κ3) is 3.95. The maximum atomic E-state index is 12.8. The predicted octanol–water partition coefficient (Wildman–Crippen LogP) is 4.14. The quantitative estimate of drug-likeness (QED) is 0.670. The standard InChI is InChI=1S/C23H23N3O2S/c1-2-26-13-12-18-19(14-26)29-23(20(18)21(24)27)25-22(28)17-10-8-16(9-11-17)15-6-4-3-5-7-15/h3-11H,2,12-14H2,1H3,(H2,24,27)(H,25,28). The van der Waals surface area contributed by atoms with Crippen molar-refractivity contribution in [3.63, 3.8) is 0 Å². The van der Waals surface area contributed by atoms with Crippen LogP contribution in [0.4, 0.5) is 5.00 Å². The van der Waals surface area contributed by atoms with Crippen LogP contribution in [0.15, 0.2) is 54.6 Å². The molecule has 2 aromatic carbocycles. The van der Waals surface area contributed by atoms with Crippen LogP contribution in [0.2, 0.25) is 0 Å². The number of hydrogen-bond acceptors (Lipinski definition) is 4. The maximum absolute atomic E-state index is 12.8. The van der Waals surface area contributed by atoms with Crippen LogP contribution >= 0.6 is 11.3 Å². The zero-order valence-corrected chi connectivity index (χ0v) is 17.1. The Bertz CT molecular complexity index is 1040. The summed E-state index contributed by atoms with van der Waals surface area (Å²) in [6.07, 6.45) is 0.777. The molecule has 6 heteroatoms.